The second-order valence-electron chi connectivity index (χ2n) is 8.84. The summed E-state index contributed by atoms with van der Waals surface area (Å²) in [6, 6.07) is 15.4. The summed E-state index contributed by atoms with van der Waals surface area (Å²) in [7, 11) is 0. The lowest BCUT2D eigenvalue weighted by molar-refractivity contribution is -0.689. The van der Waals surface area contributed by atoms with Crippen molar-refractivity contribution in [2.45, 2.75) is 18.0 Å². The number of β-lactam (4-membered cyclic amide) rings is 1. The fourth-order valence-electron chi connectivity index (χ4n) is 4.30. The third kappa shape index (κ3) is 6.02. The molecule has 2 amide bonds. The minimum atomic E-state index is -1.21. The molecule has 1 fully saturated rings. The Hall–Kier alpha value is -5.22. The van der Waals surface area contributed by atoms with E-state index in [2.05, 4.69) is 31.7 Å². The summed E-state index contributed by atoms with van der Waals surface area (Å²) in [5.74, 6) is 0.434. The van der Waals surface area contributed by atoms with Gasteiger partial charge >= 0.3 is 5.97 Å². The monoisotopic (exact) mass is 570 g/mol. The molecule has 1 saturated heterocycles. The Balaban J connectivity index is 1.35. The molecule has 206 valence electrons. The van der Waals surface area contributed by atoms with E-state index in [1.165, 1.54) is 22.9 Å². The van der Waals surface area contributed by atoms with Crippen LogP contribution in [0.25, 0.3) is 0 Å². The van der Waals surface area contributed by atoms with Gasteiger partial charge in [0.05, 0.1) is 0 Å². The number of carboxylic acid groups (broad SMARTS) is 1. The Morgan fingerprint density at radius 2 is 1.95 bits per heavy atom. The van der Waals surface area contributed by atoms with Crippen molar-refractivity contribution in [2.24, 2.45) is 5.16 Å². The SMILES string of the molecule is C#CCO/N=C(/C(=O)NC1C(=O)N2C(C(=O)O)=C(C[n+]3ccccc3)CS[C@H]12)c1nccc(Nc2ccccc2)n1. The third-order valence-electron chi connectivity index (χ3n) is 6.12. The Kier molecular flexibility index (Phi) is 8.21. The van der Waals surface area contributed by atoms with E-state index in [0.29, 0.717) is 23.7 Å². The minimum Gasteiger partial charge on any atom is -0.477 e. The lowest BCUT2D eigenvalue weighted by Gasteiger charge is -2.49. The second kappa shape index (κ2) is 12.3. The number of amides is 2. The number of carbonyl (C=O) groups is 3. The fourth-order valence-corrected chi connectivity index (χ4v) is 5.64. The quantitative estimate of drug-likeness (QED) is 0.0819. The first-order chi connectivity index (χ1) is 20.0. The van der Waals surface area contributed by atoms with Crippen molar-refractivity contribution in [3.8, 4) is 12.3 Å². The zero-order valence-corrected chi connectivity index (χ0v) is 22.3. The number of oxime groups is 1. The van der Waals surface area contributed by atoms with Gasteiger partial charge < -0.3 is 20.6 Å². The zero-order valence-electron chi connectivity index (χ0n) is 21.5. The number of rotatable bonds is 10. The first-order valence-corrected chi connectivity index (χ1v) is 13.4. The van der Waals surface area contributed by atoms with Gasteiger partial charge in [-0.15, -0.1) is 18.2 Å². The standard InChI is InChI=1S/C28H23N7O5S/c1-2-15-40-33-21(24-29-12-11-20(31-24)30-19-9-5-3-6-10-19)25(36)32-22-26(37)35-23(28(38)39)18(17-41-27(22)35)16-34-13-7-4-8-14-34/h1,3-14,22,27H,15-17H2,(H2-,29,30,31,32,36,38,39)/p+1/b33-21+/t22?,27-/m1/s1. The number of benzene rings is 1. The number of carboxylic acids is 1. The predicted octanol–water partition coefficient (Wildman–Crippen LogP) is 1.30. The lowest BCUT2D eigenvalue weighted by Crippen LogP contribution is -2.71. The molecule has 0 aliphatic carbocycles. The van der Waals surface area contributed by atoms with Gasteiger partial charge in [0, 0.05) is 35.3 Å². The molecule has 3 N–H and O–H groups in total. The van der Waals surface area contributed by atoms with Gasteiger partial charge in [-0.05, 0) is 18.2 Å². The topological polar surface area (TPSA) is 150 Å². The summed E-state index contributed by atoms with van der Waals surface area (Å²) in [5, 5.41) is 19.0. The molecule has 0 bridgehead atoms. The van der Waals surface area contributed by atoms with Crippen LogP contribution in [0.5, 0.6) is 0 Å². The van der Waals surface area contributed by atoms with E-state index in [1.54, 1.807) is 6.07 Å². The van der Waals surface area contributed by atoms with Crippen LogP contribution in [-0.2, 0) is 25.8 Å². The fraction of sp³-hybridized carbons (Fsp3) is 0.179. The molecule has 3 aromatic rings. The molecule has 2 aliphatic heterocycles. The maximum absolute atomic E-state index is 13.4. The lowest BCUT2D eigenvalue weighted by atomic mass is 10.0. The highest BCUT2D eigenvalue weighted by Gasteiger charge is 2.54. The molecule has 1 unspecified atom stereocenters. The summed E-state index contributed by atoms with van der Waals surface area (Å²) in [6.07, 6.45) is 10.3. The van der Waals surface area contributed by atoms with Crippen LogP contribution >= 0.6 is 11.8 Å². The van der Waals surface area contributed by atoms with Gasteiger partial charge in [-0.3, -0.25) is 14.5 Å². The Labute approximate surface area is 239 Å². The number of fused-ring (bicyclic) bond motifs is 1. The highest BCUT2D eigenvalue weighted by molar-refractivity contribution is 8.00. The summed E-state index contributed by atoms with van der Waals surface area (Å²) in [6.45, 7) is 0.110. The van der Waals surface area contributed by atoms with E-state index in [9.17, 15) is 19.5 Å². The van der Waals surface area contributed by atoms with Crippen molar-refractivity contribution < 1.29 is 28.9 Å². The molecule has 0 radical (unpaired) electrons. The number of para-hydroxylation sites is 1. The molecular weight excluding hydrogens is 546 g/mol. The number of hydrogen-bond acceptors (Lipinski definition) is 9. The van der Waals surface area contributed by atoms with Crippen LogP contribution in [0, 0.1) is 12.3 Å². The molecular formula is C28H24N7O5S+. The number of anilines is 2. The van der Waals surface area contributed by atoms with E-state index in [1.807, 2.05) is 65.5 Å². The van der Waals surface area contributed by atoms with Crippen molar-refractivity contribution in [1.29, 1.82) is 0 Å². The van der Waals surface area contributed by atoms with E-state index >= 15 is 0 Å². The van der Waals surface area contributed by atoms with Crippen molar-refractivity contribution in [3.63, 3.8) is 0 Å². The van der Waals surface area contributed by atoms with Gasteiger partial charge in [-0.1, -0.05) is 35.3 Å². The highest BCUT2D eigenvalue weighted by Crippen LogP contribution is 2.40. The molecule has 12 nitrogen and oxygen atoms in total. The first-order valence-electron chi connectivity index (χ1n) is 12.4. The smallest absolute Gasteiger partial charge is 0.352 e. The number of pyridine rings is 1. The molecule has 0 spiro atoms. The van der Waals surface area contributed by atoms with Crippen LogP contribution in [0.4, 0.5) is 11.5 Å². The van der Waals surface area contributed by atoms with Crippen molar-refractivity contribution in [1.82, 2.24) is 20.2 Å². The second-order valence-corrected chi connectivity index (χ2v) is 9.95. The zero-order chi connectivity index (χ0) is 28.8. The third-order valence-corrected chi connectivity index (χ3v) is 7.46. The first kappa shape index (κ1) is 27.4. The minimum absolute atomic E-state index is 0.0614. The van der Waals surface area contributed by atoms with Gasteiger partial charge in [0.25, 0.3) is 11.8 Å². The number of aromatic nitrogens is 3. The van der Waals surface area contributed by atoms with Crippen LogP contribution in [0.1, 0.15) is 5.82 Å². The molecule has 2 aliphatic rings. The summed E-state index contributed by atoms with van der Waals surface area (Å²) in [4.78, 5) is 53.5. The molecule has 13 heteroatoms. The van der Waals surface area contributed by atoms with E-state index < -0.39 is 29.2 Å². The number of carbonyl (C=O) groups excluding carboxylic acids is 2. The van der Waals surface area contributed by atoms with Gasteiger partial charge in [-0.2, -0.15) is 0 Å². The number of thioether (sulfide) groups is 1. The van der Waals surface area contributed by atoms with Crippen molar-refractivity contribution in [3.05, 3.63) is 90.3 Å². The normalized spacial score (nSPS) is 18.1. The summed E-state index contributed by atoms with van der Waals surface area (Å²) in [5.41, 5.74) is 0.994. The van der Waals surface area contributed by atoms with E-state index in [4.69, 9.17) is 11.3 Å². The van der Waals surface area contributed by atoms with Crippen LogP contribution in [0.3, 0.4) is 0 Å². The van der Waals surface area contributed by atoms with Gasteiger partial charge in [0.1, 0.15) is 22.9 Å². The number of nitrogens with zero attached hydrogens (tertiary/aromatic N) is 5. The average Bonchev–Trinajstić information content (AvgIpc) is 2.99. The van der Waals surface area contributed by atoms with Crippen LogP contribution in [0.2, 0.25) is 0 Å². The molecule has 4 heterocycles. The number of hydrogen-bond donors (Lipinski definition) is 3. The highest BCUT2D eigenvalue weighted by atomic mass is 32.2. The van der Waals surface area contributed by atoms with Crippen LogP contribution in [-0.4, -0.2) is 67.2 Å². The predicted molar refractivity (Wildman–Crippen MR) is 149 cm³/mol. The van der Waals surface area contributed by atoms with Crippen molar-refractivity contribution in [2.75, 3.05) is 17.7 Å². The Morgan fingerprint density at radius 3 is 2.68 bits per heavy atom. The van der Waals surface area contributed by atoms with Crippen LogP contribution < -0.4 is 15.2 Å². The summed E-state index contributed by atoms with van der Waals surface area (Å²) >= 11 is 1.36. The maximum Gasteiger partial charge on any atom is 0.352 e. The van der Waals surface area contributed by atoms with Crippen molar-refractivity contribution >= 4 is 46.8 Å². The van der Waals surface area contributed by atoms with Crippen LogP contribution in [0.15, 0.2) is 89.6 Å². The van der Waals surface area contributed by atoms with E-state index in [0.717, 1.165) is 5.69 Å². The van der Waals surface area contributed by atoms with Gasteiger partial charge in [0.2, 0.25) is 5.71 Å². The molecule has 2 atom stereocenters. The molecule has 2 aromatic heterocycles. The number of terminal acetylenes is 1. The number of aliphatic carboxylic acids is 1. The van der Waals surface area contributed by atoms with E-state index in [-0.39, 0.29) is 23.8 Å². The largest absolute Gasteiger partial charge is 0.477 e. The molecule has 1 aromatic carbocycles. The Bertz CT molecular complexity index is 1570. The average molecular weight is 571 g/mol. The molecule has 0 saturated carbocycles. The Morgan fingerprint density at radius 1 is 1.20 bits per heavy atom. The maximum atomic E-state index is 13.4. The summed E-state index contributed by atoms with van der Waals surface area (Å²) < 4.78 is 1.84. The molecule has 5 rings (SSSR count). The number of nitrogens with one attached hydrogen (secondary N) is 2. The van der Waals surface area contributed by atoms with Gasteiger partial charge in [-0.25, -0.2) is 19.3 Å². The van der Waals surface area contributed by atoms with Gasteiger partial charge in [0.15, 0.2) is 31.4 Å². The molecule has 41 heavy (non-hydrogen) atoms.